The molecule has 0 aromatic heterocycles. The van der Waals surface area contributed by atoms with Gasteiger partial charge in [0.15, 0.2) is 0 Å². The van der Waals surface area contributed by atoms with Crippen LogP contribution in [0.15, 0.2) is 48.5 Å². The molecular weight excluding hydrogens is 440 g/mol. The Morgan fingerprint density at radius 1 is 0.528 bits per heavy atom. The Morgan fingerprint density at radius 2 is 0.833 bits per heavy atom. The second-order valence-electron chi connectivity index (χ2n) is 12.2. The monoisotopic (exact) mass is 490 g/mol. The van der Waals surface area contributed by atoms with Crippen LogP contribution < -0.4 is 0 Å². The maximum Gasteiger partial charge on any atom is 0.115 e. The van der Waals surface area contributed by atoms with Gasteiger partial charge in [-0.1, -0.05) is 115 Å². The van der Waals surface area contributed by atoms with Crippen molar-refractivity contribution >= 4 is 0 Å². The van der Waals surface area contributed by atoms with Crippen LogP contribution in [0.3, 0.4) is 0 Å². The van der Waals surface area contributed by atoms with Gasteiger partial charge < -0.3 is 10.2 Å². The summed E-state index contributed by atoms with van der Waals surface area (Å²) in [5.74, 6) is 5.07. The number of rotatable bonds is 11. The van der Waals surface area contributed by atoms with E-state index < -0.39 is 0 Å². The van der Waals surface area contributed by atoms with Crippen molar-refractivity contribution in [1.82, 2.24) is 0 Å². The molecule has 36 heavy (non-hydrogen) atoms. The van der Waals surface area contributed by atoms with E-state index in [1.165, 1.54) is 101 Å². The molecule has 2 heteroatoms. The van der Waals surface area contributed by atoms with E-state index in [1.807, 2.05) is 24.3 Å². The molecule has 0 bridgehead atoms. The van der Waals surface area contributed by atoms with Gasteiger partial charge in [0, 0.05) is 0 Å². The van der Waals surface area contributed by atoms with E-state index >= 15 is 0 Å². The van der Waals surface area contributed by atoms with Crippen molar-refractivity contribution in [2.75, 3.05) is 0 Å². The highest BCUT2D eigenvalue weighted by molar-refractivity contribution is 5.35. The normalized spacial score (nSPS) is 26.4. The van der Waals surface area contributed by atoms with Gasteiger partial charge in [0.1, 0.15) is 11.5 Å². The molecule has 2 aliphatic rings. The molecule has 198 valence electrons. The first kappa shape index (κ1) is 27.1. The topological polar surface area (TPSA) is 40.5 Å². The SMILES string of the molecule is CCCC1CCC(CC(c2ccc(O)cc2)C(CC2CCC(CCC)CC2)c2ccc(O)cc2)CC1. The van der Waals surface area contributed by atoms with Gasteiger partial charge in [0.25, 0.3) is 0 Å². The van der Waals surface area contributed by atoms with Crippen molar-refractivity contribution in [3.05, 3.63) is 59.7 Å². The van der Waals surface area contributed by atoms with Crippen LogP contribution in [0.4, 0.5) is 0 Å². The van der Waals surface area contributed by atoms with Crippen LogP contribution in [-0.2, 0) is 0 Å². The lowest BCUT2D eigenvalue weighted by Crippen LogP contribution is -2.23. The molecule has 2 fully saturated rings. The molecule has 4 rings (SSSR count). The van der Waals surface area contributed by atoms with Crippen LogP contribution in [0.2, 0.25) is 0 Å². The lowest BCUT2D eigenvalue weighted by molar-refractivity contribution is 0.211. The Balaban J connectivity index is 1.57. The highest BCUT2D eigenvalue weighted by Gasteiger charge is 2.33. The zero-order valence-electron chi connectivity index (χ0n) is 22.9. The molecule has 2 nitrogen and oxygen atoms in total. The van der Waals surface area contributed by atoms with E-state index in [0.717, 1.165) is 23.7 Å². The lowest BCUT2D eigenvalue weighted by Gasteiger charge is -2.37. The molecular formula is C34H50O2. The zero-order valence-corrected chi connectivity index (χ0v) is 22.9. The molecule has 2 N–H and O–H groups in total. The van der Waals surface area contributed by atoms with Gasteiger partial charge in [-0.05, 0) is 83.7 Å². The summed E-state index contributed by atoms with van der Waals surface area (Å²) in [4.78, 5) is 0. The van der Waals surface area contributed by atoms with Crippen molar-refractivity contribution in [1.29, 1.82) is 0 Å². The molecule has 0 amide bonds. The molecule has 2 aromatic carbocycles. The van der Waals surface area contributed by atoms with Gasteiger partial charge in [-0.15, -0.1) is 0 Å². The fourth-order valence-corrected chi connectivity index (χ4v) is 7.55. The number of benzene rings is 2. The van der Waals surface area contributed by atoms with Gasteiger partial charge in [-0.2, -0.15) is 0 Å². The van der Waals surface area contributed by atoms with E-state index in [2.05, 4.69) is 38.1 Å². The fourth-order valence-electron chi connectivity index (χ4n) is 7.55. The first-order valence-electron chi connectivity index (χ1n) is 15.1. The average molecular weight is 491 g/mol. The second-order valence-corrected chi connectivity index (χ2v) is 12.2. The van der Waals surface area contributed by atoms with Crippen molar-refractivity contribution in [2.24, 2.45) is 23.7 Å². The minimum absolute atomic E-state index is 0.355. The molecule has 2 aromatic rings. The van der Waals surface area contributed by atoms with Gasteiger partial charge >= 0.3 is 0 Å². The summed E-state index contributed by atoms with van der Waals surface area (Å²) in [6.07, 6.45) is 18.9. The van der Waals surface area contributed by atoms with E-state index in [4.69, 9.17) is 0 Å². The van der Waals surface area contributed by atoms with Gasteiger partial charge in [-0.3, -0.25) is 0 Å². The second kappa shape index (κ2) is 13.5. The molecule has 2 atom stereocenters. The van der Waals surface area contributed by atoms with Crippen LogP contribution in [0, 0.1) is 23.7 Å². The van der Waals surface area contributed by atoms with Crippen molar-refractivity contribution in [3.8, 4) is 11.5 Å². The summed E-state index contributed by atoms with van der Waals surface area (Å²) in [7, 11) is 0. The molecule has 0 aliphatic heterocycles. The Labute approximate surface area is 220 Å². The van der Waals surface area contributed by atoms with Gasteiger partial charge in [0.2, 0.25) is 0 Å². The zero-order chi connectivity index (χ0) is 25.3. The first-order valence-corrected chi connectivity index (χ1v) is 15.1. The van der Waals surface area contributed by atoms with Crippen LogP contribution in [0.25, 0.3) is 0 Å². The van der Waals surface area contributed by atoms with Crippen LogP contribution >= 0.6 is 0 Å². The Kier molecular flexibility index (Phi) is 10.2. The summed E-state index contributed by atoms with van der Waals surface area (Å²) < 4.78 is 0. The first-order chi connectivity index (χ1) is 17.6. The van der Waals surface area contributed by atoms with E-state index in [1.54, 1.807) is 0 Å². The van der Waals surface area contributed by atoms with Crippen LogP contribution in [0.5, 0.6) is 11.5 Å². The molecule has 0 radical (unpaired) electrons. The maximum absolute atomic E-state index is 10.0. The van der Waals surface area contributed by atoms with E-state index in [9.17, 15) is 10.2 Å². The number of phenolic OH excluding ortho intramolecular Hbond substituents is 2. The van der Waals surface area contributed by atoms with Gasteiger partial charge in [0.05, 0.1) is 0 Å². The molecule has 0 heterocycles. The average Bonchev–Trinajstić information content (AvgIpc) is 2.90. The lowest BCUT2D eigenvalue weighted by atomic mass is 9.67. The van der Waals surface area contributed by atoms with Gasteiger partial charge in [-0.25, -0.2) is 0 Å². The van der Waals surface area contributed by atoms with Crippen molar-refractivity contribution in [3.63, 3.8) is 0 Å². The molecule has 0 spiro atoms. The third-order valence-electron chi connectivity index (χ3n) is 9.63. The summed E-state index contributed by atoms with van der Waals surface area (Å²) in [5, 5.41) is 20.1. The van der Waals surface area contributed by atoms with Crippen LogP contribution in [0.1, 0.15) is 127 Å². The minimum Gasteiger partial charge on any atom is -0.508 e. The Hall–Kier alpha value is -1.96. The minimum atomic E-state index is 0.355. The third-order valence-corrected chi connectivity index (χ3v) is 9.63. The maximum atomic E-state index is 10.0. The predicted molar refractivity (Wildman–Crippen MR) is 152 cm³/mol. The summed E-state index contributed by atoms with van der Waals surface area (Å²) in [6, 6.07) is 16.2. The standard InChI is InChI=1S/C34H50O2/c1-3-5-25-7-11-27(12-8-25)23-33(29-15-19-31(35)20-16-29)34(30-17-21-32(36)22-18-30)24-28-13-9-26(6-4-2)10-14-28/h15-22,25-28,33-36H,3-14,23-24H2,1-2H3. The largest absolute Gasteiger partial charge is 0.508 e. The number of phenols is 2. The predicted octanol–water partition coefficient (Wildman–Crippen LogP) is 9.96. The van der Waals surface area contributed by atoms with E-state index in [-0.39, 0.29) is 0 Å². The summed E-state index contributed by atoms with van der Waals surface area (Å²) in [5.41, 5.74) is 2.75. The van der Waals surface area contributed by atoms with Crippen LogP contribution in [-0.4, -0.2) is 10.2 Å². The number of hydrogen-bond acceptors (Lipinski definition) is 2. The van der Waals surface area contributed by atoms with E-state index in [0.29, 0.717) is 23.3 Å². The highest BCUT2D eigenvalue weighted by Crippen LogP contribution is 2.47. The molecule has 2 aliphatic carbocycles. The molecule has 2 saturated carbocycles. The van der Waals surface area contributed by atoms with Crippen molar-refractivity contribution < 1.29 is 10.2 Å². The molecule has 0 saturated heterocycles. The highest BCUT2D eigenvalue weighted by atomic mass is 16.3. The number of aromatic hydroxyl groups is 2. The summed E-state index contributed by atoms with van der Waals surface area (Å²) in [6.45, 7) is 4.65. The quantitative estimate of drug-likeness (QED) is 0.329. The number of hydrogen-bond donors (Lipinski definition) is 2. The van der Waals surface area contributed by atoms with Crippen molar-refractivity contribution in [2.45, 2.75) is 116 Å². The molecule has 2 unspecified atom stereocenters. The Morgan fingerprint density at radius 3 is 1.14 bits per heavy atom. The summed E-state index contributed by atoms with van der Waals surface area (Å²) >= 11 is 0. The fraction of sp³-hybridized carbons (Fsp3) is 0.647. The Bertz CT molecular complexity index is 795. The third kappa shape index (κ3) is 7.53. The smallest absolute Gasteiger partial charge is 0.115 e.